The average Bonchev–Trinajstić information content (AvgIpc) is 2.61. The molecule has 0 unspecified atom stereocenters. The maximum atomic E-state index is 11.2. The number of pyridine rings is 2. The van der Waals surface area contributed by atoms with E-state index in [1.807, 2.05) is 62.3 Å². The quantitative estimate of drug-likeness (QED) is 0.537. The molecule has 0 aliphatic heterocycles. The van der Waals surface area contributed by atoms with Gasteiger partial charge in [-0.15, -0.1) is 0 Å². The lowest BCUT2D eigenvalue weighted by Gasteiger charge is -2.11. The zero-order valence-electron chi connectivity index (χ0n) is 15.8. The molecule has 0 saturated carbocycles. The summed E-state index contributed by atoms with van der Waals surface area (Å²) >= 11 is 0. The van der Waals surface area contributed by atoms with Crippen molar-refractivity contribution in [2.45, 2.75) is 13.8 Å². The van der Waals surface area contributed by atoms with Crippen LogP contribution >= 0.6 is 0 Å². The highest BCUT2D eigenvalue weighted by Gasteiger charge is 2.06. The minimum absolute atomic E-state index is 0.169. The van der Waals surface area contributed by atoms with E-state index in [1.54, 1.807) is 12.3 Å². The Bertz CT molecular complexity index is 995. The van der Waals surface area contributed by atoms with E-state index in [4.69, 9.17) is 0 Å². The van der Waals surface area contributed by atoms with Crippen molar-refractivity contribution in [3.8, 4) is 0 Å². The molecule has 0 atom stereocenters. The lowest BCUT2D eigenvalue weighted by atomic mass is 10.2. The zero-order valence-corrected chi connectivity index (χ0v) is 15.8. The summed E-state index contributed by atoms with van der Waals surface area (Å²) in [5.74, 6) is 0.898. The third-order valence-electron chi connectivity index (χ3n) is 3.99. The Morgan fingerprint density at radius 1 is 1.07 bits per heavy atom. The van der Waals surface area contributed by atoms with Crippen molar-refractivity contribution in [3.05, 3.63) is 53.6 Å². The molecule has 27 heavy (non-hydrogen) atoms. The Hall–Kier alpha value is -3.48. The Balaban J connectivity index is 1.78. The van der Waals surface area contributed by atoms with Crippen LogP contribution in [0.25, 0.3) is 11.0 Å². The largest absolute Gasteiger partial charge is 0.378 e. The SMILES string of the molecule is CC(=O)Nc1ccc2c(C)cc(N/N=C/c3ccc(N(C)C)cc3)nc2n1. The van der Waals surface area contributed by atoms with E-state index in [1.165, 1.54) is 6.92 Å². The number of carbonyl (C=O) groups is 1. The number of aromatic nitrogens is 2. The predicted octanol–water partition coefficient (Wildman–Crippen LogP) is 3.41. The van der Waals surface area contributed by atoms with E-state index in [2.05, 4.69) is 25.8 Å². The van der Waals surface area contributed by atoms with Gasteiger partial charge in [0.2, 0.25) is 5.91 Å². The second kappa shape index (κ2) is 7.82. The van der Waals surface area contributed by atoms with E-state index in [9.17, 15) is 4.79 Å². The number of nitrogens with one attached hydrogen (secondary N) is 2. The molecule has 2 aromatic heterocycles. The topological polar surface area (TPSA) is 82.5 Å². The molecule has 2 N–H and O–H groups in total. The molecule has 0 spiro atoms. The van der Waals surface area contributed by atoms with Gasteiger partial charge in [0.25, 0.3) is 0 Å². The molecule has 0 saturated heterocycles. The van der Waals surface area contributed by atoms with Crippen LogP contribution in [0.15, 0.2) is 47.6 Å². The average molecular weight is 362 g/mol. The number of amides is 1. The molecule has 3 aromatic rings. The van der Waals surface area contributed by atoms with E-state index >= 15 is 0 Å². The third-order valence-corrected chi connectivity index (χ3v) is 3.99. The Kier molecular flexibility index (Phi) is 5.30. The van der Waals surface area contributed by atoms with Crippen LogP contribution in [-0.2, 0) is 4.79 Å². The molecule has 1 aromatic carbocycles. The minimum atomic E-state index is -0.169. The summed E-state index contributed by atoms with van der Waals surface area (Å²) in [5.41, 5.74) is 6.63. The summed E-state index contributed by atoms with van der Waals surface area (Å²) in [6.45, 7) is 3.43. The summed E-state index contributed by atoms with van der Waals surface area (Å²) in [7, 11) is 4.01. The maximum Gasteiger partial charge on any atom is 0.222 e. The molecular weight excluding hydrogens is 340 g/mol. The molecule has 0 fully saturated rings. The van der Waals surface area contributed by atoms with Crippen molar-refractivity contribution in [1.29, 1.82) is 0 Å². The zero-order chi connectivity index (χ0) is 19.4. The Labute approximate surface area is 158 Å². The van der Waals surface area contributed by atoms with Crippen molar-refractivity contribution in [2.75, 3.05) is 29.7 Å². The number of nitrogens with zero attached hydrogens (tertiary/aromatic N) is 4. The fourth-order valence-electron chi connectivity index (χ4n) is 2.61. The molecule has 7 heteroatoms. The van der Waals surface area contributed by atoms with Crippen LogP contribution in [-0.4, -0.2) is 36.2 Å². The number of rotatable bonds is 5. The fourth-order valence-corrected chi connectivity index (χ4v) is 2.61. The highest BCUT2D eigenvalue weighted by Crippen LogP contribution is 2.20. The summed E-state index contributed by atoms with van der Waals surface area (Å²) in [6.07, 6.45) is 1.74. The lowest BCUT2D eigenvalue weighted by Crippen LogP contribution is -2.08. The number of hydrogen-bond donors (Lipinski definition) is 2. The highest BCUT2D eigenvalue weighted by molar-refractivity contribution is 5.90. The predicted molar refractivity (Wildman–Crippen MR) is 111 cm³/mol. The van der Waals surface area contributed by atoms with Gasteiger partial charge in [0.05, 0.1) is 6.21 Å². The minimum Gasteiger partial charge on any atom is -0.378 e. The molecule has 0 radical (unpaired) electrons. The van der Waals surface area contributed by atoms with Crippen LogP contribution in [0.3, 0.4) is 0 Å². The molecular formula is C20H22N6O. The van der Waals surface area contributed by atoms with Crippen molar-refractivity contribution in [3.63, 3.8) is 0 Å². The number of hydrogen-bond acceptors (Lipinski definition) is 6. The summed E-state index contributed by atoms with van der Waals surface area (Å²) in [5, 5.41) is 7.85. The van der Waals surface area contributed by atoms with Crippen molar-refractivity contribution >= 4 is 40.5 Å². The number of benzene rings is 1. The van der Waals surface area contributed by atoms with E-state index in [0.29, 0.717) is 17.3 Å². The first-order chi connectivity index (χ1) is 12.9. The van der Waals surface area contributed by atoms with Gasteiger partial charge in [0, 0.05) is 32.1 Å². The third kappa shape index (κ3) is 4.58. The van der Waals surface area contributed by atoms with Crippen LogP contribution < -0.4 is 15.6 Å². The second-order valence-electron chi connectivity index (χ2n) is 6.43. The number of anilines is 3. The van der Waals surface area contributed by atoms with Gasteiger partial charge >= 0.3 is 0 Å². The molecule has 0 aliphatic rings. The van der Waals surface area contributed by atoms with Crippen molar-refractivity contribution in [2.24, 2.45) is 5.10 Å². The van der Waals surface area contributed by atoms with Crippen LogP contribution in [0.5, 0.6) is 0 Å². The van der Waals surface area contributed by atoms with Crippen LogP contribution in [0.4, 0.5) is 17.3 Å². The Morgan fingerprint density at radius 2 is 1.78 bits per heavy atom. The second-order valence-corrected chi connectivity index (χ2v) is 6.43. The number of fused-ring (bicyclic) bond motifs is 1. The molecule has 3 rings (SSSR count). The molecule has 0 aliphatic carbocycles. The first-order valence-electron chi connectivity index (χ1n) is 8.55. The Morgan fingerprint density at radius 3 is 2.44 bits per heavy atom. The summed E-state index contributed by atoms with van der Waals surface area (Å²) < 4.78 is 0. The normalized spacial score (nSPS) is 11.0. The molecule has 1 amide bonds. The van der Waals surface area contributed by atoms with Crippen LogP contribution in [0.2, 0.25) is 0 Å². The van der Waals surface area contributed by atoms with E-state index in [0.717, 1.165) is 22.2 Å². The summed E-state index contributed by atoms with van der Waals surface area (Å²) in [6, 6.07) is 13.6. The summed E-state index contributed by atoms with van der Waals surface area (Å²) in [4.78, 5) is 22.1. The van der Waals surface area contributed by atoms with Gasteiger partial charge in [0.15, 0.2) is 5.65 Å². The van der Waals surface area contributed by atoms with Crippen molar-refractivity contribution < 1.29 is 4.79 Å². The van der Waals surface area contributed by atoms with Gasteiger partial charge in [-0.25, -0.2) is 9.97 Å². The lowest BCUT2D eigenvalue weighted by molar-refractivity contribution is -0.114. The molecule has 138 valence electrons. The van der Waals surface area contributed by atoms with E-state index < -0.39 is 0 Å². The monoisotopic (exact) mass is 362 g/mol. The first-order valence-corrected chi connectivity index (χ1v) is 8.55. The van der Waals surface area contributed by atoms with Gasteiger partial charge in [-0.2, -0.15) is 5.10 Å². The van der Waals surface area contributed by atoms with Gasteiger partial charge in [-0.3, -0.25) is 10.2 Å². The van der Waals surface area contributed by atoms with Gasteiger partial charge in [0.1, 0.15) is 11.6 Å². The molecule has 0 bridgehead atoms. The highest BCUT2D eigenvalue weighted by atomic mass is 16.1. The van der Waals surface area contributed by atoms with E-state index in [-0.39, 0.29) is 5.91 Å². The van der Waals surface area contributed by atoms with Gasteiger partial charge in [-0.05, 0) is 48.4 Å². The van der Waals surface area contributed by atoms with Crippen LogP contribution in [0.1, 0.15) is 18.1 Å². The smallest absolute Gasteiger partial charge is 0.222 e. The number of carbonyl (C=O) groups excluding carboxylic acids is 1. The number of hydrazone groups is 1. The standard InChI is InChI=1S/C20H22N6O/c1-13-11-19(24-20-17(13)9-10-18(23-20)22-14(2)27)25-21-12-15-5-7-16(8-6-15)26(3)4/h5-12H,1-4H3,(H2,22,23,24,25,27)/b21-12+. The van der Waals surface area contributed by atoms with Crippen LogP contribution in [0, 0.1) is 6.92 Å². The molecule has 2 heterocycles. The fraction of sp³-hybridized carbons (Fsp3) is 0.200. The number of aryl methyl sites for hydroxylation is 1. The van der Waals surface area contributed by atoms with Crippen molar-refractivity contribution in [1.82, 2.24) is 9.97 Å². The maximum absolute atomic E-state index is 11.2. The van der Waals surface area contributed by atoms with Gasteiger partial charge < -0.3 is 10.2 Å². The van der Waals surface area contributed by atoms with Gasteiger partial charge in [-0.1, -0.05) is 12.1 Å². The first kappa shape index (κ1) is 18.3. The molecule has 7 nitrogen and oxygen atoms in total.